The summed E-state index contributed by atoms with van der Waals surface area (Å²) in [5, 5.41) is 8.65. The Balaban J connectivity index is 2.24. The number of nitrogens with zero attached hydrogens (tertiary/aromatic N) is 2. The predicted octanol–water partition coefficient (Wildman–Crippen LogP) is 0.913. The fourth-order valence-electron chi connectivity index (χ4n) is 1.43. The van der Waals surface area contributed by atoms with Crippen LogP contribution in [-0.2, 0) is 10.0 Å². The highest BCUT2D eigenvalue weighted by atomic mass is 32.2. The quantitative estimate of drug-likeness (QED) is 0.813. The van der Waals surface area contributed by atoms with Gasteiger partial charge in [-0.1, -0.05) is 11.8 Å². The summed E-state index contributed by atoms with van der Waals surface area (Å²) in [5.41, 5.74) is 1.00. The van der Waals surface area contributed by atoms with E-state index in [4.69, 9.17) is 9.52 Å². The molecule has 0 aromatic carbocycles. The predicted molar refractivity (Wildman–Crippen MR) is 74.9 cm³/mol. The first-order valence-corrected chi connectivity index (χ1v) is 7.49. The molecule has 2 aromatic rings. The van der Waals surface area contributed by atoms with Crippen molar-refractivity contribution in [3.05, 3.63) is 36.0 Å². The molecule has 2 rings (SSSR count). The van der Waals surface area contributed by atoms with Crippen molar-refractivity contribution < 1.29 is 17.9 Å². The second kappa shape index (κ2) is 6.39. The molecule has 0 saturated carbocycles. The molecule has 0 bridgehead atoms. The van der Waals surface area contributed by atoms with Gasteiger partial charge in [0.1, 0.15) is 11.2 Å². The summed E-state index contributed by atoms with van der Waals surface area (Å²) < 4.78 is 31.5. The molecule has 0 fully saturated rings. The van der Waals surface area contributed by atoms with E-state index < -0.39 is 10.0 Å². The molecule has 0 spiro atoms. The maximum absolute atomic E-state index is 12.2. The highest BCUT2D eigenvalue weighted by Crippen LogP contribution is 2.15. The number of aromatic nitrogens is 2. The lowest BCUT2D eigenvalue weighted by atomic mass is 10.3. The summed E-state index contributed by atoms with van der Waals surface area (Å²) in [6, 6.07) is 1.28. The van der Waals surface area contributed by atoms with Crippen LogP contribution in [-0.4, -0.2) is 30.1 Å². The van der Waals surface area contributed by atoms with Crippen LogP contribution in [0.25, 0.3) is 0 Å². The SMILES string of the molecule is Cc1coc(NS(=O)(=O)c2cncc(C#CCCO)c2)n1. The fourth-order valence-corrected chi connectivity index (χ4v) is 2.35. The summed E-state index contributed by atoms with van der Waals surface area (Å²) in [6.45, 7) is 1.63. The van der Waals surface area contributed by atoms with Gasteiger partial charge in [0.15, 0.2) is 0 Å². The van der Waals surface area contributed by atoms with Crippen LogP contribution in [0.3, 0.4) is 0 Å². The molecule has 8 heteroatoms. The van der Waals surface area contributed by atoms with Gasteiger partial charge < -0.3 is 9.52 Å². The van der Waals surface area contributed by atoms with Crippen LogP contribution in [0, 0.1) is 18.8 Å². The van der Waals surface area contributed by atoms with Gasteiger partial charge >= 0.3 is 6.01 Å². The maximum atomic E-state index is 12.2. The van der Waals surface area contributed by atoms with E-state index in [9.17, 15) is 8.42 Å². The second-order valence-corrected chi connectivity index (χ2v) is 5.77. The minimum atomic E-state index is -3.84. The van der Waals surface area contributed by atoms with Gasteiger partial charge in [-0.05, 0) is 13.0 Å². The van der Waals surface area contributed by atoms with E-state index in [1.807, 2.05) is 0 Å². The number of pyridine rings is 1. The van der Waals surface area contributed by atoms with Crippen molar-refractivity contribution in [2.24, 2.45) is 0 Å². The standard InChI is InChI=1S/C13H13N3O4S/c1-10-9-20-13(15-10)16-21(18,19)12-6-11(7-14-8-12)4-2-3-5-17/h6-9,17H,3,5H2,1H3,(H,15,16). The van der Waals surface area contributed by atoms with Gasteiger partial charge in [0, 0.05) is 24.4 Å². The van der Waals surface area contributed by atoms with Crippen LogP contribution in [0.4, 0.5) is 6.01 Å². The third-order valence-corrected chi connectivity index (χ3v) is 3.62. The number of aliphatic hydroxyl groups is 1. The van der Waals surface area contributed by atoms with Crippen LogP contribution in [0.15, 0.2) is 34.0 Å². The van der Waals surface area contributed by atoms with Crippen molar-refractivity contribution >= 4 is 16.0 Å². The average molecular weight is 307 g/mol. The maximum Gasteiger partial charge on any atom is 0.309 e. The zero-order valence-electron chi connectivity index (χ0n) is 11.2. The lowest BCUT2D eigenvalue weighted by molar-refractivity contribution is 0.305. The molecule has 0 unspecified atom stereocenters. The minimum Gasteiger partial charge on any atom is -0.431 e. The largest absolute Gasteiger partial charge is 0.431 e. The molecule has 0 aliphatic heterocycles. The highest BCUT2D eigenvalue weighted by Gasteiger charge is 2.17. The van der Waals surface area contributed by atoms with Crippen LogP contribution in [0.1, 0.15) is 17.7 Å². The van der Waals surface area contributed by atoms with Crippen LogP contribution in [0.2, 0.25) is 0 Å². The van der Waals surface area contributed by atoms with Gasteiger partial charge in [-0.25, -0.2) is 13.1 Å². The number of rotatable bonds is 4. The Bertz CT molecular complexity index is 787. The van der Waals surface area contributed by atoms with Gasteiger partial charge in [0.05, 0.1) is 12.3 Å². The molecular weight excluding hydrogens is 294 g/mol. The number of hydrogen-bond donors (Lipinski definition) is 2. The molecule has 0 atom stereocenters. The normalized spacial score (nSPS) is 10.8. The van der Waals surface area contributed by atoms with Crippen LogP contribution in [0.5, 0.6) is 0 Å². The monoisotopic (exact) mass is 307 g/mol. The number of oxazole rings is 1. The Labute approximate surface area is 122 Å². The van der Waals surface area contributed by atoms with E-state index in [1.165, 1.54) is 24.7 Å². The number of nitrogens with one attached hydrogen (secondary N) is 1. The summed E-state index contributed by atoms with van der Waals surface area (Å²) in [7, 11) is -3.84. The Morgan fingerprint density at radius 1 is 1.43 bits per heavy atom. The van der Waals surface area contributed by atoms with Crippen molar-refractivity contribution in [3.8, 4) is 11.8 Å². The van der Waals surface area contributed by atoms with E-state index in [0.29, 0.717) is 17.7 Å². The van der Waals surface area contributed by atoms with Gasteiger partial charge in [-0.3, -0.25) is 4.98 Å². The zero-order valence-corrected chi connectivity index (χ0v) is 12.0. The Morgan fingerprint density at radius 2 is 2.24 bits per heavy atom. The van der Waals surface area contributed by atoms with Crippen molar-refractivity contribution in [3.63, 3.8) is 0 Å². The Hall–Kier alpha value is -2.37. The summed E-state index contributed by atoms with van der Waals surface area (Å²) >= 11 is 0. The Morgan fingerprint density at radius 3 is 2.90 bits per heavy atom. The molecule has 2 heterocycles. The molecule has 0 aliphatic carbocycles. The Kier molecular flexibility index (Phi) is 4.57. The van der Waals surface area contributed by atoms with Crippen molar-refractivity contribution in [2.45, 2.75) is 18.2 Å². The molecular formula is C13H13N3O4S. The van der Waals surface area contributed by atoms with Gasteiger partial charge in [0.25, 0.3) is 10.0 Å². The van der Waals surface area contributed by atoms with E-state index in [0.717, 1.165) is 0 Å². The average Bonchev–Trinajstić information content (AvgIpc) is 2.84. The van der Waals surface area contributed by atoms with E-state index in [-0.39, 0.29) is 17.5 Å². The fraction of sp³-hybridized carbons (Fsp3) is 0.231. The minimum absolute atomic E-state index is 0.0471. The molecule has 2 aromatic heterocycles. The zero-order chi connectivity index (χ0) is 15.3. The lowest BCUT2D eigenvalue weighted by Crippen LogP contribution is -2.13. The first-order chi connectivity index (χ1) is 10.0. The summed E-state index contributed by atoms with van der Waals surface area (Å²) in [6.07, 6.45) is 4.30. The second-order valence-electron chi connectivity index (χ2n) is 4.08. The first kappa shape index (κ1) is 15.0. The number of anilines is 1. The van der Waals surface area contributed by atoms with E-state index in [1.54, 1.807) is 6.92 Å². The van der Waals surface area contributed by atoms with Crippen LogP contribution >= 0.6 is 0 Å². The smallest absolute Gasteiger partial charge is 0.309 e. The third-order valence-electron chi connectivity index (χ3n) is 2.33. The highest BCUT2D eigenvalue weighted by molar-refractivity contribution is 7.92. The number of aryl methyl sites for hydroxylation is 1. The molecule has 7 nitrogen and oxygen atoms in total. The van der Waals surface area contributed by atoms with Crippen molar-refractivity contribution in [1.82, 2.24) is 9.97 Å². The first-order valence-electron chi connectivity index (χ1n) is 6.01. The van der Waals surface area contributed by atoms with E-state index in [2.05, 4.69) is 26.5 Å². The summed E-state index contributed by atoms with van der Waals surface area (Å²) in [4.78, 5) is 7.67. The number of hydrogen-bond acceptors (Lipinski definition) is 6. The molecule has 0 radical (unpaired) electrons. The number of aliphatic hydroxyl groups excluding tert-OH is 1. The molecule has 110 valence electrons. The van der Waals surface area contributed by atoms with Gasteiger partial charge in [-0.2, -0.15) is 4.98 Å². The molecule has 0 amide bonds. The molecule has 0 aliphatic rings. The number of sulfonamides is 1. The van der Waals surface area contributed by atoms with E-state index >= 15 is 0 Å². The third kappa shape index (κ3) is 4.05. The van der Waals surface area contributed by atoms with Crippen molar-refractivity contribution in [2.75, 3.05) is 11.3 Å². The topological polar surface area (TPSA) is 105 Å². The molecule has 21 heavy (non-hydrogen) atoms. The summed E-state index contributed by atoms with van der Waals surface area (Å²) in [5.74, 6) is 5.42. The van der Waals surface area contributed by atoms with Gasteiger partial charge in [0.2, 0.25) is 0 Å². The van der Waals surface area contributed by atoms with Gasteiger partial charge in [-0.15, -0.1) is 0 Å². The van der Waals surface area contributed by atoms with Crippen LogP contribution < -0.4 is 4.72 Å². The molecule has 0 saturated heterocycles. The molecule has 2 N–H and O–H groups in total. The lowest BCUT2D eigenvalue weighted by Gasteiger charge is -2.04. The van der Waals surface area contributed by atoms with Crippen molar-refractivity contribution in [1.29, 1.82) is 0 Å².